The number of amides is 2. The molecular weight excluding hydrogens is 490 g/mol. The van der Waals surface area contributed by atoms with Crippen LogP contribution in [0.1, 0.15) is 61.5 Å². The van der Waals surface area contributed by atoms with Crippen LogP contribution in [0.4, 0.5) is 17.6 Å². The van der Waals surface area contributed by atoms with E-state index in [2.05, 4.69) is 10.1 Å². The Kier molecular flexibility index (Phi) is 9.34. The van der Waals surface area contributed by atoms with E-state index < -0.39 is 24.4 Å². The van der Waals surface area contributed by atoms with Crippen LogP contribution in [0, 0.1) is 5.82 Å². The zero-order valence-corrected chi connectivity index (χ0v) is 21.3. The number of nitrogens with zero attached hydrogens (tertiary/aromatic N) is 4. The number of alkyl halides is 3. The van der Waals surface area contributed by atoms with Gasteiger partial charge in [0, 0.05) is 50.9 Å². The predicted octanol–water partition coefficient (Wildman–Crippen LogP) is 5.35. The summed E-state index contributed by atoms with van der Waals surface area (Å²) in [5.74, 6) is -1.01. The minimum Gasteiger partial charge on any atom is -0.348 e. The second-order valence-electron chi connectivity index (χ2n) is 9.50. The third kappa shape index (κ3) is 7.80. The van der Waals surface area contributed by atoms with Crippen molar-refractivity contribution in [2.75, 3.05) is 26.7 Å². The summed E-state index contributed by atoms with van der Waals surface area (Å²) in [6, 6.07) is 6.18. The zero-order valence-electron chi connectivity index (χ0n) is 21.3. The molecule has 0 spiro atoms. The lowest BCUT2D eigenvalue weighted by Crippen LogP contribution is -2.36. The second-order valence-corrected chi connectivity index (χ2v) is 9.50. The molecule has 0 unspecified atom stereocenters. The first-order valence-corrected chi connectivity index (χ1v) is 12.3. The van der Waals surface area contributed by atoms with Gasteiger partial charge in [0.15, 0.2) is 0 Å². The number of piperidine rings is 1. The molecule has 0 atom stereocenters. The SMILES string of the molecule is CC(C)c1ccc(F)c2[nH]c(C(=O)N(C)CC(F)(F)F)cc12.O=C(CCn1cccn1)N1CCCCC1. The van der Waals surface area contributed by atoms with Crippen LogP contribution in [0.25, 0.3) is 10.9 Å². The fourth-order valence-electron chi connectivity index (χ4n) is 4.32. The van der Waals surface area contributed by atoms with E-state index in [9.17, 15) is 27.2 Å². The van der Waals surface area contributed by atoms with Crippen LogP contribution in [0.2, 0.25) is 0 Å². The number of aromatic nitrogens is 3. The summed E-state index contributed by atoms with van der Waals surface area (Å²) in [5, 5.41) is 4.59. The van der Waals surface area contributed by atoms with E-state index in [1.807, 2.05) is 35.7 Å². The zero-order chi connectivity index (χ0) is 27.2. The lowest BCUT2D eigenvalue weighted by atomic mass is 9.99. The molecule has 0 aliphatic carbocycles. The van der Waals surface area contributed by atoms with E-state index >= 15 is 0 Å². The van der Waals surface area contributed by atoms with Crippen molar-refractivity contribution in [2.24, 2.45) is 0 Å². The largest absolute Gasteiger partial charge is 0.406 e. The minimum atomic E-state index is -4.48. The first-order valence-electron chi connectivity index (χ1n) is 12.3. The monoisotopic (exact) mass is 523 g/mol. The molecule has 1 aromatic carbocycles. The highest BCUT2D eigenvalue weighted by Gasteiger charge is 2.32. The highest BCUT2D eigenvalue weighted by molar-refractivity contribution is 5.99. The lowest BCUT2D eigenvalue weighted by Gasteiger charge is -2.26. The molecular formula is C26H33F4N5O2. The molecule has 1 N–H and O–H groups in total. The van der Waals surface area contributed by atoms with Crippen LogP contribution in [-0.4, -0.2) is 69.2 Å². The number of hydrogen-bond donors (Lipinski definition) is 1. The topological polar surface area (TPSA) is 74.2 Å². The summed E-state index contributed by atoms with van der Waals surface area (Å²) in [6.45, 7) is 5.05. The van der Waals surface area contributed by atoms with Crippen LogP contribution >= 0.6 is 0 Å². The molecule has 37 heavy (non-hydrogen) atoms. The molecule has 0 saturated carbocycles. The number of carbonyl (C=O) groups excluding carboxylic acids is 2. The molecule has 2 amide bonds. The molecule has 7 nitrogen and oxygen atoms in total. The summed E-state index contributed by atoms with van der Waals surface area (Å²) >= 11 is 0. The normalized spacial score (nSPS) is 14.0. The summed E-state index contributed by atoms with van der Waals surface area (Å²) < 4.78 is 52.7. The van der Waals surface area contributed by atoms with Crippen molar-refractivity contribution >= 4 is 22.7 Å². The van der Waals surface area contributed by atoms with E-state index in [1.165, 1.54) is 18.6 Å². The molecule has 2 aromatic heterocycles. The molecule has 11 heteroatoms. The number of aromatic amines is 1. The Hall–Kier alpha value is -3.37. The molecule has 4 rings (SSSR count). The Labute approximate surface area is 213 Å². The molecule has 0 bridgehead atoms. The average molecular weight is 524 g/mol. The number of aryl methyl sites for hydroxylation is 1. The number of benzene rings is 1. The average Bonchev–Trinajstić information content (AvgIpc) is 3.53. The van der Waals surface area contributed by atoms with Gasteiger partial charge in [-0.3, -0.25) is 14.3 Å². The van der Waals surface area contributed by atoms with Gasteiger partial charge in [-0.05, 0) is 48.9 Å². The van der Waals surface area contributed by atoms with Crippen molar-refractivity contribution in [1.29, 1.82) is 0 Å². The first kappa shape index (κ1) is 28.2. The van der Waals surface area contributed by atoms with Crippen LogP contribution in [0.5, 0.6) is 0 Å². The molecule has 3 aromatic rings. The van der Waals surface area contributed by atoms with Crippen molar-refractivity contribution in [2.45, 2.75) is 58.2 Å². The Morgan fingerprint density at radius 1 is 1.16 bits per heavy atom. The Morgan fingerprint density at radius 3 is 2.46 bits per heavy atom. The van der Waals surface area contributed by atoms with Gasteiger partial charge in [-0.1, -0.05) is 19.9 Å². The minimum absolute atomic E-state index is 0.0613. The van der Waals surface area contributed by atoms with Gasteiger partial charge in [-0.2, -0.15) is 18.3 Å². The van der Waals surface area contributed by atoms with E-state index in [1.54, 1.807) is 12.3 Å². The summed E-state index contributed by atoms with van der Waals surface area (Å²) in [4.78, 5) is 29.0. The molecule has 1 fully saturated rings. The highest BCUT2D eigenvalue weighted by Crippen LogP contribution is 2.28. The van der Waals surface area contributed by atoms with Crippen molar-refractivity contribution < 1.29 is 27.2 Å². The Bertz CT molecular complexity index is 1180. The van der Waals surface area contributed by atoms with Crippen molar-refractivity contribution in [3.05, 3.63) is 53.7 Å². The van der Waals surface area contributed by atoms with E-state index in [4.69, 9.17) is 0 Å². The number of rotatable bonds is 6. The van der Waals surface area contributed by atoms with Gasteiger partial charge in [-0.15, -0.1) is 0 Å². The van der Waals surface area contributed by atoms with Crippen molar-refractivity contribution in [3.8, 4) is 0 Å². The quantitative estimate of drug-likeness (QED) is 0.443. The fraction of sp³-hybridized carbons (Fsp3) is 0.500. The van der Waals surface area contributed by atoms with Gasteiger partial charge in [-0.25, -0.2) is 4.39 Å². The first-order chi connectivity index (χ1) is 17.5. The third-order valence-electron chi connectivity index (χ3n) is 6.22. The molecule has 1 aliphatic rings. The molecule has 1 saturated heterocycles. The van der Waals surface area contributed by atoms with Gasteiger partial charge in [0.2, 0.25) is 5.91 Å². The van der Waals surface area contributed by atoms with E-state index in [-0.39, 0.29) is 23.0 Å². The van der Waals surface area contributed by atoms with Gasteiger partial charge >= 0.3 is 6.18 Å². The summed E-state index contributed by atoms with van der Waals surface area (Å²) in [6.07, 6.45) is 3.31. The van der Waals surface area contributed by atoms with E-state index in [0.717, 1.165) is 38.5 Å². The molecule has 0 radical (unpaired) electrons. The van der Waals surface area contributed by atoms with Gasteiger partial charge in [0.1, 0.15) is 18.1 Å². The number of fused-ring (bicyclic) bond motifs is 1. The molecule has 3 heterocycles. The smallest absolute Gasteiger partial charge is 0.348 e. The number of halogens is 4. The maximum Gasteiger partial charge on any atom is 0.406 e. The Morgan fingerprint density at radius 2 is 1.86 bits per heavy atom. The van der Waals surface area contributed by atoms with Gasteiger partial charge in [0.05, 0.1) is 5.52 Å². The maximum absolute atomic E-state index is 13.8. The molecule has 1 aliphatic heterocycles. The summed E-state index contributed by atoms with van der Waals surface area (Å²) in [5.41, 5.74) is 0.897. The summed E-state index contributed by atoms with van der Waals surface area (Å²) in [7, 11) is 1.06. The van der Waals surface area contributed by atoms with Crippen molar-refractivity contribution in [1.82, 2.24) is 24.6 Å². The number of H-pyrrole nitrogens is 1. The van der Waals surface area contributed by atoms with Crippen LogP contribution in [-0.2, 0) is 11.3 Å². The van der Waals surface area contributed by atoms with Gasteiger partial charge < -0.3 is 14.8 Å². The number of nitrogens with one attached hydrogen (secondary N) is 1. The van der Waals surface area contributed by atoms with E-state index in [0.29, 0.717) is 23.3 Å². The standard InChI is InChI=1S/C15H16F4N2O.C11H17N3O/c1-8(2)9-4-5-11(16)13-10(9)6-12(20-13)14(22)21(3)7-15(17,18)19;15-11(13-7-2-1-3-8-13)5-10-14-9-4-6-12-14/h4-6,8,20H,7H2,1-3H3;4,6,9H,1-3,5,7-8,10H2. The van der Waals surface area contributed by atoms with Crippen LogP contribution in [0.15, 0.2) is 36.7 Å². The van der Waals surface area contributed by atoms with Crippen LogP contribution in [0.3, 0.4) is 0 Å². The Balaban J connectivity index is 0.000000220. The van der Waals surface area contributed by atoms with Gasteiger partial charge in [0.25, 0.3) is 5.91 Å². The molecule has 202 valence electrons. The highest BCUT2D eigenvalue weighted by atomic mass is 19.4. The lowest BCUT2D eigenvalue weighted by molar-refractivity contribution is -0.138. The number of carbonyl (C=O) groups is 2. The fourth-order valence-corrected chi connectivity index (χ4v) is 4.32. The third-order valence-corrected chi connectivity index (χ3v) is 6.22. The van der Waals surface area contributed by atoms with Crippen molar-refractivity contribution in [3.63, 3.8) is 0 Å². The predicted molar refractivity (Wildman–Crippen MR) is 133 cm³/mol. The maximum atomic E-state index is 13.8. The number of likely N-dealkylation sites (tertiary alicyclic amines) is 1. The second kappa shape index (κ2) is 12.2. The number of hydrogen-bond acceptors (Lipinski definition) is 3. The van der Waals surface area contributed by atoms with Crippen LogP contribution < -0.4 is 0 Å².